The fourth-order valence-corrected chi connectivity index (χ4v) is 2.53. The van der Waals surface area contributed by atoms with Gasteiger partial charge in [0.2, 0.25) is 0 Å². The Morgan fingerprint density at radius 1 is 1.18 bits per heavy atom. The normalized spacial score (nSPS) is 14.5. The third-order valence-corrected chi connectivity index (χ3v) is 3.80. The molecule has 0 aromatic heterocycles. The van der Waals surface area contributed by atoms with Gasteiger partial charge in [0.25, 0.3) is 0 Å². The Morgan fingerprint density at radius 3 is 2.32 bits per heavy atom. The monoisotopic (exact) mass is 300 g/mol. The maximum atomic E-state index is 11.9. The second kappa shape index (κ2) is 6.48. The highest BCUT2D eigenvalue weighted by atomic mass is 16.2. The molecule has 2 rings (SSSR count). The molecule has 116 valence electrons. The number of carbonyl (C=O) groups is 2. The zero-order chi connectivity index (χ0) is 16.3. The van der Waals surface area contributed by atoms with Crippen molar-refractivity contribution in [2.75, 3.05) is 45.2 Å². The average molecular weight is 300 g/mol. The predicted molar refractivity (Wildman–Crippen MR) is 84.0 cm³/mol. The molecule has 0 aliphatic carbocycles. The van der Waals surface area contributed by atoms with E-state index in [1.165, 1.54) is 6.92 Å². The van der Waals surface area contributed by atoms with Crippen LogP contribution in [0.3, 0.4) is 0 Å². The number of nitrogens with zero attached hydrogens (tertiary/aromatic N) is 4. The van der Waals surface area contributed by atoms with E-state index in [1.54, 1.807) is 42.1 Å². The number of ketones is 1. The SMILES string of the molecule is CC(=O)c1ccc(C#N)c(N2CCN(C(=O)N(C)C)CC2)c1. The number of hydrogen-bond acceptors (Lipinski definition) is 4. The molecule has 0 bridgehead atoms. The number of hydrogen-bond donors (Lipinski definition) is 0. The molecule has 1 aromatic rings. The fraction of sp³-hybridized carbons (Fsp3) is 0.438. The van der Waals surface area contributed by atoms with Gasteiger partial charge in [-0.1, -0.05) is 0 Å². The van der Waals surface area contributed by atoms with Crippen molar-refractivity contribution in [2.45, 2.75) is 6.92 Å². The largest absolute Gasteiger partial charge is 0.367 e. The van der Waals surface area contributed by atoms with E-state index in [2.05, 4.69) is 11.0 Å². The summed E-state index contributed by atoms with van der Waals surface area (Å²) in [5, 5.41) is 9.26. The van der Waals surface area contributed by atoms with E-state index in [0.29, 0.717) is 37.3 Å². The summed E-state index contributed by atoms with van der Waals surface area (Å²) < 4.78 is 0. The lowest BCUT2D eigenvalue weighted by atomic mass is 10.1. The molecule has 1 saturated heterocycles. The first kappa shape index (κ1) is 15.8. The van der Waals surface area contributed by atoms with E-state index < -0.39 is 0 Å². The molecule has 0 N–H and O–H groups in total. The van der Waals surface area contributed by atoms with E-state index in [0.717, 1.165) is 5.69 Å². The number of carbonyl (C=O) groups excluding carboxylic acids is 2. The Labute approximate surface area is 130 Å². The summed E-state index contributed by atoms with van der Waals surface area (Å²) in [7, 11) is 3.47. The van der Waals surface area contributed by atoms with Crippen molar-refractivity contribution in [1.29, 1.82) is 5.26 Å². The number of benzene rings is 1. The Hall–Kier alpha value is -2.55. The number of Topliss-reactive ketones (excluding diaryl/α,β-unsaturated/α-hetero) is 1. The van der Waals surface area contributed by atoms with E-state index in [-0.39, 0.29) is 11.8 Å². The summed E-state index contributed by atoms with van der Waals surface area (Å²) in [6.45, 7) is 4.02. The van der Waals surface area contributed by atoms with E-state index in [4.69, 9.17) is 0 Å². The molecule has 0 radical (unpaired) electrons. The van der Waals surface area contributed by atoms with Crippen molar-refractivity contribution < 1.29 is 9.59 Å². The summed E-state index contributed by atoms with van der Waals surface area (Å²) in [4.78, 5) is 28.9. The minimum atomic E-state index is -0.0211. The van der Waals surface area contributed by atoms with Gasteiger partial charge < -0.3 is 14.7 Å². The maximum absolute atomic E-state index is 11.9. The Morgan fingerprint density at radius 2 is 1.82 bits per heavy atom. The molecule has 1 aliphatic rings. The summed E-state index contributed by atoms with van der Waals surface area (Å²) in [6, 6.07) is 7.30. The highest BCUT2D eigenvalue weighted by molar-refractivity contribution is 5.95. The van der Waals surface area contributed by atoms with Crippen molar-refractivity contribution in [3.05, 3.63) is 29.3 Å². The molecule has 0 saturated carbocycles. The standard InChI is InChI=1S/C16H20N4O2/c1-12(21)13-4-5-14(11-17)15(10-13)19-6-8-20(9-7-19)16(22)18(2)3/h4-5,10H,6-9H2,1-3H3. The van der Waals surface area contributed by atoms with Crippen LogP contribution in [0.4, 0.5) is 10.5 Å². The molecule has 0 spiro atoms. The smallest absolute Gasteiger partial charge is 0.319 e. The van der Waals surface area contributed by atoms with Gasteiger partial charge in [0, 0.05) is 45.8 Å². The van der Waals surface area contributed by atoms with Gasteiger partial charge in [-0.05, 0) is 25.1 Å². The summed E-state index contributed by atoms with van der Waals surface area (Å²) in [6.07, 6.45) is 0. The minimum absolute atomic E-state index is 0.00218. The summed E-state index contributed by atoms with van der Waals surface area (Å²) in [5.74, 6) is -0.0211. The van der Waals surface area contributed by atoms with Gasteiger partial charge in [-0.2, -0.15) is 5.26 Å². The predicted octanol–water partition coefficient (Wildman–Crippen LogP) is 1.56. The molecule has 1 heterocycles. The van der Waals surface area contributed by atoms with E-state index in [1.807, 2.05) is 0 Å². The third-order valence-electron chi connectivity index (χ3n) is 3.80. The van der Waals surface area contributed by atoms with Gasteiger partial charge in [-0.15, -0.1) is 0 Å². The molecule has 2 amide bonds. The highest BCUT2D eigenvalue weighted by Crippen LogP contribution is 2.23. The van der Waals surface area contributed by atoms with Crippen LogP contribution in [0.2, 0.25) is 0 Å². The molecule has 1 aromatic carbocycles. The topological polar surface area (TPSA) is 67.6 Å². The molecule has 6 heteroatoms. The van der Waals surface area contributed by atoms with Crippen LogP contribution in [0.1, 0.15) is 22.8 Å². The number of urea groups is 1. The lowest BCUT2D eigenvalue weighted by Gasteiger charge is -2.37. The molecular weight excluding hydrogens is 280 g/mol. The molecule has 0 atom stereocenters. The molecule has 22 heavy (non-hydrogen) atoms. The molecule has 1 aliphatic heterocycles. The number of rotatable bonds is 2. The van der Waals surface area contributed by atoms with Crippen LogP contribution in [-0.2, 0) is 0 Å². The van der Waals surface area contributed by atoms with Crippen LogP contribution < -0.4 is 4.90 Å². The lowest BCUT2D eigenvalue weighted by molar-refractivity contribution is 0.101. The van der Waals surface area contributed by atoms with Crippen molar-refractivity contribution in [2.24, 2.45) is 0 Å². The average Bonchev–Trinajstić information content (AvgIpc) is 2.53. The molecule has 0 unspecified atom stereocenters. The van der Waals surface area contributed by atoms with Crippen molar-refractivity contribution >= 4 is 17.5 Å². The zero-order valence-corrected chi connectivity index (χ0v) is 13.2. The summed E-state index contributed by atoms with van der Waals surface area (Å²) >= 11 is 0. The second-order valence-corrected chi connectivity index (χ2v) is 5.55. The van der Waals surface area contributed by atoms with Gasteiger partial charge in [0.05, 0.1) is 11.3 Å². The fourth-order valence-electron chi connectivity index (χ4n) is 2.53. The number of anilines is 1. The van der Waals surface area contributed by atoms with Gasteiger partial charge in [-0.25, -0.2) is 4.79 Å². The first-order valence-electron chi connectivity index (χ1n) is 7.20. The number of amides is 2. The van der Waals surface area contributed by atoms with Crippen LogP contribution in [0.15, 0.2) is 18.2 Å². The van der Waals surface area contributed by atoms with Crippen molar-refractivity contribution in [1.82, 2.24) is 9.80 Å². The first-order valence-corrected chi connectivity index (χ1v) is 7.20. The van der Waals surface area contributed by atoms with Crippen LogP contribution in [-0.4, -0.2) is 61.9 Å². The second-order valence-electron chi connectivity index (χ2n) is 5.55. The number of piperazine rings is 1. The van der Waals surface area contributed by atoms with E-state index in [9.17, 15) is 14.9 Å². The number of nitriles is 1. The quantitative estimate of drug-likeness (QED) is 0.777. The maximum Gasteiger partial charge on any atom is 0.319 e. The van der Waals surface area contributed by atoms with Crippen LogP contribution >= 0.6 is 0 Å². The summed E-state index contributed by atoms with van der Waals surface area (Å²) in [5.41, 5.74) is 1.92. The van der Waals surface area contributed by atoms with Gasteiger partial charge >= 0.3 is 6.03 Å². The van der Waals surface area contributed by atoms with Crippen LogP contribution in [0.5, 0.6) is 0 Å². The Balaban J connectivity index is 2.17. The van der Waals surface area contributed by atoms with Crippen LogP contribution in [0, 0.1) is 11.3 Å². The molecule has 1 fully saturated rings. The third kappa shape index (κ3) is 3.19. The van der Waals surface area contributed by atoms with Crippen LogP contribution in [0.25, 0.3) is 0 Å². The molecular formula is C16H20N4O2. The highest BCUT2D eigenvalue weighted by Gasteiger charge is 2.23. The van der Waals surface area contributed by atoms with Gasteiger partial charge in [0.15, 0.2) is 5.78 Å². The first-order chi connectivity index (χ1) is 10.4. The Kier molecular flexibility index (Phi) is 4.66. The van der Waals surface area contributed by atoms with Crippen molar-refractivity contribution in [3.63, 3.8) is 0 Å². The van der Waals surface area contributed by atoms with Gasteiger partial charge in [0.1, 0.15) is 6.07 Å². The van der Waals surface area contributed by atoms with Crippen molar-refractivity contribution in [3.8, 4) is 6.07 Å². The minimum Gasteiger partial charge on any atom is -0.367 e. The molecule has 6 nitrogen and oxygen atoms in total. The van der Waals surface area contributed by atoms with Gasteiger partial charge in [-0.3, -0.25) is 4.79 Å². The van der Waals surface area contributed by atoms with E-state index >= 15 is 0 Å². The lowest BCUT2D eigenvalue weighted by Crippen LogP contribution is -2.51. The Bertz CT molecular complexity index is 626. The zero-order valence-electron chi connectivity index (χ0n) is 13.2.